The number of rotatable bonds is 5. The van der Waals surface area contributed by atoms with E-state index >= 15 is 0 Å². The van der Waals surface area contributed by atoms with Crippen molar-refractivity contribution in [3.05, 3.63) is 71.5 Å². The first-order valence-electron chi connectivity index (χ1n) is 10.6. The van der Waals surface area contributed by atoms with Crippen molar-refractivity contribution in [3.63, 3.8) is 0 Å². The first-order chi connectivity index (χ1) is 14.8. The summed E-state index contributed by atoms with van der Waals surface area (Å²) in [7, 11) is 0. The zero-order chi connectivity index (χ0) is 22.1. The van der Waals surface area contributed by atoms with E-state index in [4.69, 9.17) is 4.74 Å². The summed E-state index contributed by atoms with van der Waals surface area (Å²) < 4.78 is 18.6. The lowest BCUT2D eigenvalue weighted by Gasteiger charge is -2.35. The van der Waals surface area contributed by atoms with Gasteiger partial charge < -0.3 is 20.5 Å². The Morgan fingerprint density at radius 3 is 2.61 bits per heavy atom. The number of benzene rings is 2. The summed E-state index contributed by atoms with van der Waals surface area (Å²) in [6, 6.07) is 15.5. The van der Waals surface area contributed by atoms with Crippen molar-refractivity contribution >= 4 is 12.0 Å². The number of nitrogens with one attached hydrogen (secondary N) is 2. The number of hydrogen-bond acceptors (Lipinski definition) is 4. The highest BCUT2D eigenvalue weighted by Gasteiger charge is 2.57. The number of aliphatic hydroxyl groups is 1. The molecule has 2 aromatic carbocycles. The van der Waals surface area contributed by atoms with E-state index in [1.807, 2.05) is 30.3 Å². The average molecular weight is 426 g/mol. The van der Waals surface area contributed by atoms with Crippen LogP contribution in [0.5, 0.6) is 0 Å². The first kappa shape index (κ1) is 21.3. The number of hydrogen-bond donors (Lipinski definition) is 3. The fraction of sp³-hybridized carbons (Fsp3) is 0.417. The van der Waals surface area contributed by atoms with Gasteiger partial charge in [0.05, 0.1) is 0 Å². The summed E-state index contributed by atoms with van der Waals surface area (Å²) in [6.45, 7) is 1.68. The van der Waals surface area contributed by atoms with Crippen molar-refractivity contribution in [1.29, 1.82) is 0 Å². The Morgan fingerprint density at radius 2 is 1.90 bits per heavy atom. The van der Waals surface area contributed by atoms with Crippen LogP contribution in [0, 0.1) is 11.7 Å². The van der Waals surface area contributed by atoms with E-state index in [1.54, 1.807) is 19.1 Å². The van der Waals surface area contributed by atoms with Crippen LogP contribution in [0.1, 0.15) is 49.7 Å². The summed E-state index contributed by atoms with van der Waals surface area (Å²) in [6.07, 6.45) is 1.79. The van der Waals surface area contributed by atoms with Crippen LogP contribution >= 0.6 is 0 Å². The maximum absolute atomic E-state index is 13.3. The van der Waals surface area contributed by atoms with Gasteiger partial charge in [0.2, 0.25) is 5.91 Å². The van der Waals surface area contributed by atoms with Crippen molar-refractivity contribution in [1.82, 2.24) is 10.6 Å². The molecule has 0 spiro atoms. The van der Waals surface area contributed by atoms with Gasteiger partial charge in [0, 0.05) is 12.3 Å². The van der Waals surface area contributed by atoms with Crippen molar-refractivity contribution in [2.45, 2.75) is 56.4 Å². The molecule has 1 aliphatic carbocycles. The van der Waals surface area contributed by atoms with E-state index in [0.29, 0.717) is 0 Å². The molecule has 2 aliphatic rings. The highest BCUT2D eigenvalue weighted by atomic mass is 19.1. The molecule has 2 aromatic rings. The number of halogens is 1. The highest BCUT2D eigenvalue weighted by molar-refractivity contribution is 5.92. The molecule has 1 saturated carbocycles. The predicted octanol–water partition coefficient (Wildman–Crippen LogP) is 3.60. The second-order valence-corrected chi connectivity index (χ2v) is 8.77. The van der Waals surface area contributed by atoms with E-state index in [0.717, 1.165) is 30.4 Å². The minimum absolute atomic E-state index is 0.00159. The minimum atomic E-state index is -1.46. The molecule has 7 heteroatoms. The predicted molar refractivity (Wildman–Crippen MR) is 112 cm³/mol. The van der Waals surface area contributed by atoms with E-state index < -0.39 is 23.3 Å². The zero-order valence-electron chi connectivity index (χ0n) is 17.4. The number of ether oxygens (including phenoxy) is 1. The topological polar surface area (TPSA) is 87.7 Å². The Balaban J connectivity index is 1.44. The second-order valence-electron chi connectivity index (χ2n) is 8.77. The van der Waals surface area contributed by atoms with Crippen molar-refractivity contribution in [3.8, 4) is 0 Å². The Bertz CT molecular complexity index is 952. The molecule has 31 heavy (non-hydrogen) atoms. The summed E-state index contributed by atoms with van der Waals surface area (Å²) in [5.41, 5.74) is -0.981. The highest BCUT2D eigenvalue weighted by Crippen LogP contribution is 2.48. The quantitative estimate of drug-likeness (QED) is 0.682. The molecule has 1 unspecified atom stereocenters. The number of carbonyl (C=O) groups is 2. The minimum Gasteiger partial charge on any atom is -0.445 e. The molecule has 1 aliphatic heterocycles. The van der Waals surface area contributed by atoms with Gasteiger partial charge in [0.25, 0.3) is 0 Å². The van der Waals surface area contributed by atoms with Gasteiger partial charge >= 0.3 is 6.09 Å². The molecule has 2 fully saturated rings. The summed E-state index contributed by atoms with van der Waals surface area (Å²) in [5.74, 6) is -0.988. The van der Waals surface area contributed by atoms with E-state index in [-0.39, 0.29) is 30.7 Å². The smallest absolute Gasteiger partial charge is 0.408 e. The van der Waals surface area contributed by atoms with Gasteiger partial charge in [-0.25, -0.2) is 9.18 Å². The molecule has 0 aromatic heterocycles. The summed E-state index contributed by atoms with van der Waals surface area (Å²) >= 11 is 0. The maximum Gasteiger partial charge on any atom is 0.408 e. The molecule has 0 radical (unpaired) electrons. The van der Waals surface area contributed by atoms with Crippen molar-refractivity contribution in [2.75, 3.05) is 0 Å². The Kier molecular flexibility index (Phi) is 5.71. The van der Waals surface area contributed by atoms with Crippen LogP contribution < -0.4 is 10.6 Å². The number of alkyl carbamates (subject to hydrolysis) is 1. The van der Waals surface area contributed by atoms with Crippen LogP contribution in [0.4, 0.5) is 9.18 Å². The number of carbonyl (C=O) groups excluding carboxylic acids is 2. The van der Waals surface area contributed by atoms with Crippen LogP contribution in [-0.4, -0.2) is 28.4 Å². The van der Waals surface area contributed by atoms with Gasteiger partial charge in [-0.15, -0.1) is 0 Å². The molecule has 2 amide bonds. The van der Waals surface area contributed by atoms with E-state index in [2.05, 4.69) is 10.6 Å². The number of amides is 2. The van der Waals surface area contributed by atoms with Gasteiger partial charge in [-0.05, 0) is 48.9 Å². The molecule has 0 bridgehead atoms. The zero-order valence-corrected chi connectivity index (χ0v) is 17.4. The molecule has 4 rings (SSSR count). The van der Waals surface area contributed by atoms with Crippen molar-refractivity contribution in [2.24, 2.45) is 5.92 Å². The molecular weight excluding hydrogens is 399 g/mol. The monoisotopic (exact) mass is 426 g/mol. The first-order valence-corrected chi connectivity index (χ1v) is 10.6. The lowest BCUT2D eigenvalue weighted by Crippen LogP contribution is -2.51. The maximum atomic E-state index is 13.3. The summed E-state index contributed by atoms with van der Waals surface area (Å²) in [4.78, 5) is 25.1. The van der Waals surface area contributed by atoms with Gasteiger partial charge in [-0.3, -0.25) is 4.79 Å². The van der Waals surface area contributed by atoms with Crippen LogP contribution in [0.3, 0.4) is 0 Å². The molecular formula is C24H27FN2O4. The Labute approximate surface area is 180 Å². The average Bonchev–Trinajstić information content (AvgIpc) is 3.32. The summed E-state index contributed by atoms with van der Waals surface area (Å²) in [5, 5.41) is 16.8. The standard InChI is InChI=1S/C24H27FN2O4/c1-23(27-22(29)31-14-16-6-3-2-4-7-16)15-24(30,26-21(23)28)20-9-5-8-19(20)17-10-12-18(25)13-11-17/h2-4,6-7,10-13,19-20,30H,5,8-9,14-15H2,1H3,(H,26,28)(H,27,29)/t19-,20+,23+,24?/m0/s1. The molecule has 3 N–H and O–H groups in total. The van der Waals surface area contributed by atoms with Gasteiger partial charge in [0.1, 0.15) is 23.7 Å². The lowest BCUT2D eigenvalue weighted by atomic mass is 9.79. The Morgan fingerprint density at radius 1 is 1.19 bits per heavy atom. The van der Waals surface area contributed by atoms with Crippen LogP contribution in [0.2, 0.25) is 0 Å². The molecule has 6 nitrogen and oxygen atoms in total. The third kappa shape index (κ3) is 4.42. The molecule has 164 valence electrons. The SMILES string of the molecule is C[C@@]1(NC(=O)OCc2ccccc2)CC(O)([C@@H]2CCC[C@H]2c2ccc(F)cc2)NC1=O. The van der Waals surface area contributed by atoms with Crippen LogP contribution in [-0.2, 0) is 16.1 Å². The lowest BCUT2D eigenvalue weighted by molar-refractivity contribution is -0.127. The van der Waals surface area contributed by atoms with E-state index in [9.17, 15) is 19.1 Å². The van der Waals surface area contributed by atoms with Crippen LogP contribution in [0.25, 0.3) is 0 Å². The largest absolute Gasteiger partial charge is 0.445 e. The third-order valence-corrected chi connectivity index (χ3v) is 6.47. The molecule has 1 heterocycles. The van der Waals surface area contributed by atoms with Gasteiger partial charge in [-0.1, -0.05) is 48.9 Å². The second kappa shape index (κ2) is 8.30. The van der Waals surface area contributed by atoms with Crippen LogP contribution in [0.15, 0.2) is 54.6 Å². The third-order valence-electron chi connectivity index (χ3n) is 6.47. The van der Waals surface area contributed by atoms with Gasteiger partial charge in [-0.2, -0.15) is 0 Å². The Hall–Kier alpha value is -2.93. The normalized spacial score (nSPS) is 30.1. The van der Waals surface area contributed by atoms with Gasteiger partial charge in [0.15, 0.2) is 0 Å². The molecule has 1 saturated heterocycles. The molecule has 4 atom stereocenters. The van der Waals surface area contributed by atoms with Crippen molar-refractivity contribution < 1.29 is 23.8 Å². The van der Waals surface area contributed by atoms with E-state index in [1.165, 1.54) is 12.1 Å². The fourth-order valence-corrected chi connectivity index (χ4v) is 4.95. The fourth-order valence-electron chi connectivity index (χ4n) is 4.95.